The van der Waals surface area contributed by atoms with Crippen LogP contribution >= 0.6 is 15.9 Å². The number of aromatic nitrogens is 2. The van der Waals surface area contributed by atoms with Gasteiger partial charge >= 0.3 is 6.03 Å². The molecule has 2 amide bonds. The minimum absolute atomic E-state index is 0.199. The number of rotatable bonds is 6. The summed E-state index contributed by atoms with van der Waals surface area (Å²) in [6, 6.07) is 7.62. The molecule has 2 atom stereocenters. The zero-order valence-electron chi connectivity index (χ0n) is 15.0. The fraction of sp³-hybridized carbons (Fsp3) is 0.444. The van der Waals surface area contributed by atoms with Crippen molar-refractivity contribution in [3.63, 3.8) is 0 Å². The van der Waals surface area contributed by atoms with Gasteiger partial charge in [0.1, 0.15) is 5.82 Å². The van der Waals surface area contributed by atoms with Crippen molar-refractivity contribution in [3.05, 3.63) is 34.4 Å². The van der Waals surface area contributed by atoms with Crippen LogP contribution in [0, 0.1) is 12.8 Å². The molecule has 0 radical (unpaired) electrons. The minimum atomic E-state index is -0.372. The van der Waals surface area contributed by atoms with E-state index in [1.807, 2.05) is 38.1 Å². The van der Waals surface area contributed by atoms with E-state index in [1.165, 1.54) is 0 Å². The van der Waals surface area contributed by atoms with Gasteiger partial charge in [0, 0.05) is 23.6 Å². The van der Waals surface area contributed by atoms with Gasteiger partial charge < -0.3 is 10.4 Å². The third-order valence-corrected chi connectivity index (χ3v) is 4.47. The smallest absolute Gasteiger partial charge is 0.320 e. The Kier molecular flexibility index (Phi) is 6.61. The summed E-state index contributed by atoms with van der Waals surface area (Å²) in [5, 5.41) is 19.6. The number of benzene rings is 1. The summed E-state index contributed by atoms with van der Waals surface area (Å²) >= 11 is 3.43. The first-order chi connectivity index (χ1) is 11.8. The first-order valence-corrected chi connectivity index (χ1v) is 9.09. The van der Waals surface area contributed by atoms with Gasteiger partial charge in [-0.05, 0) is 43.9 Å². The maximum atomic E-state index is 12.3. The highest BCUT2D eigenvalue weighted by molar-refractivity contribution is 9.10. The van der Waals surface area contributed by atoms with Crippen molar-refractivity contribution in [1.29, 1.82) is 0 Å². The predicted molar refractivity (Wildman–Crippen MR) is 104 cm³/mol. The maximum absolute atomic E-state index is 12.3. The van der Waals surface area contributed by atoms with E-state index in [0.717, 1.165) is 21.3 Å². The number of nitrogens with one attached hydrogen (secondary N) is 2. The Balaban J connectivity index is 2.11. The van der Waals surface area contributed by atoms with Crippen LogP contribution in [0.1, 0.15) is 26.0 Å². The molecular formula is C18H25BrN4O2. The molecular weight excluding hydrogens is 384 g/mol. The van der Waals surface area contributed by atoms with Crippen LogP contribution < -0.4 is 10.6 Å². The highest BCUT2D eigenvalue weighted by Crippen LogP contribution is 2.31. The Morgan fingerprint density at radius 1 is 1.32 bits per heavy atom. The lowest BCUT2D eigenvalue weighted by atomic mass is 10.1. The summed E-state index contributed by atoms with van der Waals surface area (Å²) in [6.45, 7) is 6.17. The third-order valence-electron chi connectivity index (χ3n) is 3.94. The van der Waals surface area contributed by atoms with E-state index >= 15 is 0 Å². The quantitative estimate of drug-likeness (QED) is 0.681. The van der Waals surface area contributed by atoms with Crippen LogP contribution in [0.4, 0.5) is 10.6 Å². The number of halogens is 1. The highest BCUT2D eigenvalue weighted by Gasteiger charge is 2.17. The Morgan fingerprint density at radius 3 is 2.56 bits per heavy atom. The van der Waals surface area contributed by atoms with Gasteiger partial charge in [0.2, 0.25) is 0 Å². The van der Waals surface area contributed by atoms with Gasteiger partial charge in [-0.1, -0.05) is 35.0 Å². The number of aryl methyl sites for hydroxylation is 2. The first-order valence-electron chi connectivity index (χ1n) is 8.30. The van der Waals surface area contributed by atoms with Crippen LogP contribution in [-0.4, -0.2) is 33.6 Å². The van der Waals surface area contributed by atoms with Crippen molar-refractivity contribution in [3.8, 4) is 11.1 Å². The summed E-state index contributed by atoms with van der Waals surface area (Å²) < 4.78 is 2.67. The molecule has 0 aliphatic heterocycles. The number of carbonyl (C=O) groups is 1. The van der Waals surface area contributed by atoms with E-state index < -0.39 is 0 Å². The van der Waals surface area contributed by atoms with Gasteiger partial charge in [0.25, 0.3) is 0 Å². The van der Waals surface area contributed by atoms with Crippen LogP contribution in [0.15, 0.2) is 28.7 Å². The molecule has 136 valence electrons. The Hall–Kier alpha value is -1.86. The van der Waals surface area contributed by atoms with Gasteiger partial charge in [-0.15, -0.1) is 0 Å². The Labute approximate surface area is 156 Å². The van der Waals surface area contributed by atoms with Crippen LogP contribution in [0.3, 0.4) is 0 Å². The molecule has 2 rings (SSSR count). The van der Waals surface area contributed by atoms with E-state index in [-0.39, 0.29) is 18.1 Å². The number of aliphatic hydroxyl groups is 1. The molecule has 0 aliphatic rings. The summed E-state index contributed by atoms with van der Waals surface area (Å²) in [4.78, 5) is 12.3. The summed E-state index contributed by atoms with van der Waals surface area (Å²) in [5.41, 5.74) is 2.75. The van der Waals surface area contributed by atoms with Gasteiger partial charge in [0.05, 0.1) is 11.8 Å². The molecule has 0 spiro atoms. The second kappa shape index (κ2) is 8.49. The summed E-state index contributed by atoms with van der Waals surface area (Å²) in [5.74, 6) is 0.852. The van der Waals surface area contributed by atoms with Crippen molar-refractivity contribution in [1.82, 2.24) is 15.1 Å². The van der Waals surface area contributed by atoms with Gasteiger partial charge in [-0.3, -0.25) is 10.00 Å². The van der Waals surface area contributed by atoms with Crippen LogP contribution in [0.25, 0.3) is 11.1 Å². The molecule has 0 bridgehead atoms. The standard InChI is InChI=1S/C18H25BrN4O2/c1-11(9-12(2)24)10-20-18(25)21-17-16(13(3)22-23(17)4)14-5-7-15(19)8-6-14/h5-8,11-12,24H,9-10H2,1-4H3,(H2,20,21,25). The van der Waals surface area contributed by atoms with Crippen molar-refractivity contribution < 1.29 is 9.90 Å². The zero-order chi connectivity index (χ0) is 18.6. The fourth-order valence-corrected chi connectivity index (χ4v) is 3.11. The van der Waals surface area contributed by atoms with Gasteiger partial charge in [-0.25, -0.2) is 4.79 Å². The van der Waals surface area contributed by atoms with Gasteiger partial charge in [0.15, 0.2) is 0 Å². The summed E-state index contributed by atoms with van der Waals surface area (Å²) in [7, 11) is 1.81. The number of urea groups is 1. The number of amides is 2. The molecule has 3 N–H and O–H groups in total. The van der Waals surface area contributed by atoms with Crippen molar-refractivity contribution in [2.75, 3.05) is 11.9 Å². The molecule has 1 aromatic heterocycles. The first kappa shape index (κ1) is 19.5. The molecule has 2 aromatic rings. The number of carbonyl (C=O) groups excluding carboxylic acids is 1. The van der Waals surface area contributed by atoms with Crippen LogP contribution in [0.2, 0.25) is 0 Å². The highest BCUT2D eigenvalue weighted by atomic mass is 79.9. The number of nitrogens with zero attached hydrogens (tertiary/aromatic N) is 2. The molecule has 0 fully saturated rings. The minimum Gasteiger partial charge on any atom is -0.393 e. The molecule has 1 aromatic carbocycles. The molecule has 7 heteroatoms. The van der Waals surface area contributed by atoms with E-state index in [1.54, 1.807) is 18.7 Å². The molecule has 0 saturated heterocycles. The monoisotopic (exact) mass is 408 g/mol. The van der Waals surface area contributed by atoms with Gasteiger partial charge in [-0.2, -0.15) is 5.10 Å². The third kappa shape index (κ3) is 5.31. The van der Waals surface area contributed by atoms with E-state index in [9.17, 15) is 9.90 Å². The lowest BCUT2D eigenvalue weighted by Gasteiger charge is -2.15. The Bertz CT molecular complexity index is 725. The van der Waals surface area contributed by atoms with Crippen LogP contribution in [-0.2, 0) is 7.05 Å². The molecule has 25 heavy (non-hydrogen) atoms. The van der Waals surface area contributed by atoms with E-state index in [2.05, 4.69) is 31.7 Å². The number of anilines is 1. The molecule has 2 unspecified atom stereocenters. The average molecular weight is 409 g/mol. The molecule has 6 nitrogen and oxygen atoms in total. The summed E-state index contributed by atoms with van der Waals surface area (Å²) in [6.07, 6.45) is 0.276. The van der Waals surface area contributed by atoms with Crippen LogP contribution in [0.5, 0.6) is 0 Å². The lowest BCUT2D eigenvalue weighted by molar-refractivity contribution is 0.163. The second-order valence-electron chi connectivity index (χ2n) is 6.46. The van der Waals surface area contributed by atoms with E-state index in [4.69, 9.17) is 0 Å². The normalized spacial score (nSPS) is 13.4. The molecule has 1 heterocycles. The fourth-order valence-electron chi connectivity index (χ4n) is 2.85. The molecule has 0 saturated carbocycles. The zero-order valence-corrected chi connectivity index (χ0v) is 16.6. The maximum Gasteiger partial charge on any atom is 0.320 e. The van der Waals surface area contributed by atoms with E-state index in [0.29, 0.717) is 18.8 Å². The number of aliphatic hydroxyl groups excluding tert-OH is 1. The Morgan fingerprint density at radius 2 is 1.96 bits per heavy atom. The van der Waals surface area contributed by atoms with Crippen molar-refractivity contribution >= 4 is 27.8 Å². The average Bonchev–Trinajstić information content (AvgIpc) is 2.80. The van der Waals surface area contributed by atoms with Crippen molar-refractivity contribution in [2.24, 2.45) is 13.0 Å². The lowest BCUT2D eigenvalue weighted by Crippen LogP contribution is -2.33. The van der Waals surface area contributed by atoms with Crippen molar-refractivity contribution in [2.45, 2.75) is 33.3 Å². The molecule has 0 aliphatic carbocycles. The SMILES string of the molecule is Cc1nn(C)c(NC(=O)NCC(C)CC(C)O)c1-c1ccc(Br)cc1. The predicted octanol–water partition coefficient (Wildman–Crippen LogP) is 3.69. The number of hydrogen-bond donors (Lipinski definition) is 3. The largest absolute Gasteiger partial charge is 0.393 e. The topological polar surface area (TPSA) is 79.2 Å². The second-order valence-corrected chi connectivity index (χ2v) is 7.38. The number of hydrogen-bond acceptors (Lipinski definition) is 3.